The molecule has 0 aliphatic rings. The van der Waals surface area contributed by atoms with E-state index in [-0.39, 0.29) is 21.9 Å². The molecule has 0 radical (unpaired) electrons. The van der Waals surface area contributed by atoms with Crippen LogP contribution in [0.4, 0.5) is 8.78 Å². The van der Waals surface area contributed by atoms with E-state index in [1.165, 1.54) is 6.07 Å². The summed E-state index contributed by atoms with van der Waals surface area (Å²) in [6.45, 7) is 0. The first-order valence-corrected chi connectivity index (χ1v) is 4.57. The molecule has 4 nitrogen and oxygen atoms in total. The number of aromatic carboxylic acids is 1. The minimum absolute atomic E-state index is 0.00926. The molecule has 0 unspecified atom stereocenters. The molecule has 0 aliphatic heterocycles. The van der Waals surface area contributed by atoms with E-state index in [4.69, 9.17) is 16.7 Å². The van der Waals surface area contributed by atoms with E-state index in [1.54, 1.807) is 0 Å². The van der Waals surface area contributed by atoms with Crippen LogP contribution in [-0.2, 0) is 0 Å². The minimum Gasteiger partial charge on any atom is -0.478 e. The van der Waals surface area contributed by atoms with Gasteiger partial charge in [-0.15, -0.1) is 0 Å². The molecule has 0 amide bonds. The molecule has 0 bridgehead atoms. The Morgan fingerprint density at radius 1 is 1.50 bits per heavy atom. The smallest absolute Gasteiger partial charge is 0.335 e. The number of carboxylic acids is 1. The third-order valence-electron chi connectivity index (χ3n) is 2.07. The van der Waals surface area contributed by atoms with Gasteiger partial charge < -0.3 is 10.1 Å². The van der Waals surface area contributed by atoms with E-state index in [9.17, 15) is 13.6 Å². The Morgan fingerprint density at radius 3 is 2.75 bits per heavy atom. The second kappa shape index (κ2) is 3.71. The summed E-state index contributed by atoms with van der Waals surface area (Å²) in [5.41, 5.74) is -0.508. The number of H-pyrrole nitrogens is 1. The molecule has 0 saturated heterocycles. The number of halogens is 3. The standard InChI is InChI=1S/C9H5ClF2N2O2/c10-9-13-5-2-3(8(15)16)1-4(7(11)12)6(5)14-9/h1-2,7H,(H,13,14)(H,15,16). The van der Waals surface area contributed by atoms with Gasteiger partial charge in [-0.1, -0.05) is 0 Å². The van der Waals surface area contributed by atoms with Crippen molar-refractivity contribution in [2.75, 3.05) is 0 Å². The Morgan fingerprint density at radius 2 is 2.19 bits per heavy atom. The van der Waals surface area contributed by atoms with Crippen molar-refractivity contribution in [2.24, 2.45) is 0 Å². The highest BCUT2D eigenvalue weighted by molar-refractivity contribution is 6.29. The molecule has 0 aliphatic carbocycles. The Bertz CT molecular complexity index is 568. The maximum atomic E-state index is 12.7. The summed E-state index contributed by atoms with van der Waals surface area (Å²) in [6.07, 6.45) is -2.80. The molecule has 0 fully saturated rings. The fraction of sp³-hybridized carbons (Fsp3) is 0.111. The van der Waals surface area contributed by atoms with Crippen molar-refractivity contribution in [3.63, 3.8) is 0 Å². The summed E-state index contributed by atoms with van der Waals surface area (Å²) in [4.78, 5) is 16.9. The monoisotopic (exact) mass is 246 g/mol. The molecule has 2 rings (SSSR count). The van der Waals surface area contributed by atoms with Crippen LogP contribution in [0.25, 0.3) is 11.0 Å². The fourth-order valence-electron chi connectivity index (χ4n) is 1.40. The van der Waals surface area contributed by atoms with Crippen LogP contribution in [0.5, 0.6) is 0 Å². The van der Waals surface area contributed by atoms with Crippen molar-refractivity contribution in [1.29, 1.82) is 0 Å². The largest absolute Gasteiger partial charge is 0.478 e. The Balaban J connectivity index is 2.78. The Hall–Kier alpha value is -1.69. The third-order valence-corrected chi connectivity index (χ3v) is 2.25. The van der Waals surface area contributed by atoms with Crippen molar-refractivity contribution in [2.45, 2.75) is 6.43 Å². The first-order chi connectivity index (χ1) is 7.49. The summed E-state index contributed by atoms with van der Waals surface area (Å²) >= 11 is 5.53. The van der Waals surface area contributed by atoms with Gasteiger partial charge in [-0.05, 0) is 23.7 Å². The lowest BCUT2D eigenvalue weighted by molar-refractivity contribution is 0.0696. The lowest BCUT2D eigenvalue weighted by Crippen LogP contribution is -1.98. The van der Waals surface area contributed by atoms with Gasteiger partial charge in [0.05, 0.1) is 16.6 Å². The van der Waals surface area contributed by atoms with Crippen LogP contribution < -0.4 is 0 Å². The van der Waals surface area contributed by atoms with Crippen molar-refractivity contribution in [3.05, 3.63) is 28.5 Å². The summed E-state index contributed by atoms with van der Waals surface area (Å²) in [7, 11) is 0. The predicted octanol–water partition coefficient (Wildman–Crippen LogP) is 2.85. The van der Waals surface area contributed by atoms with E-state index in [0.717, 1.165) is 6.07 Å². The van der Waals surface area contributed by atoms with Gasteiger partial charge in [-0.2, -0.15) is 0 Å². The topological polar surface area (TPSA) is 66.0 Å². The zero-order valence-electron chi connectivity index (χ0n) is 7.67. The number of alkyl halides is 2. The van der Waals surface area contributed by atoms with E-state index in [0.29, 0.717) is 0 Å². The summed E-state index contributed by atoms with van der Waals surface area (Å²) in [6, 6.07) is 2.11. The van der Waals surface area contributed by atoms with Crippen molar-refractivity contribution < 1.29 is 18.7 Å². The van der Waals surface area contributed by atoms with E-state index in [2.05, 4.69) is 9.97 Å². The van der Waals surface area contributed by atoms with Crippen LogP contribution in [0.3, 0.4) is 0 Å². The number of hydrogen-bond donors (Lipinski definition) is 2. The van der Waals surface area contributed by atoms with Gasteiger partial charge in [0.25, 0.3) is 6.43 Å². The van der Waals surface area contributed by atoms with Gasteiger partial charge in [0, 0.05) is 5.56 Å². The molecule has 1 heterocycles. The first-order valence-electron chi connectivity index (χ1n) is 4.19. The maximum Gasteiger partial charge on any atom is 0.335 e. The Labute approximate surface area is 92.9 Å². The number of rotatable bonds is 2. The zero-order chi connectivity index (χ0) is 11.9. The molecular weight excluding hydrogens is 242 g/mol. The molecule has 1 aromatic heterocycles. The van der Waals surface area contributed by atoms with E-state index < -0.39 is 18.0 Å². The highest BCUT2D eigenvalue weighted by atomic mass is 35.5. The molecule has 84 valence electrons. The van der Waals surface area contributed by atoms with Gasteiger partial charge in [-0.25, -0.2) is 18.6 Å². The molecule has 7 heteroatoms. The number of nitrogens with zero attached hydrogens (tertiary/aromatic N) is 1. The number of aromatic nitrogens is 2. The molecule has 1 aromatic carbocycles. The number of fused-ring (bicyclic) bond motifs is 1. The average Bonchev–Trinajstić information content (AvgIpc) is 2.55. The summed E-state index contributed by atoms with van der Waals surface area (Å²) < 4.78 is 25.3. The van der Waals surface area contributed by atoms with Crippen molar-refractivity contribution in [3.8, 4) is 0 Å². The molecule has 2 aromatic rings. The quantitative estimate of drug-likeness (QED) is 0.856. The number of benzene rings is 1. The van der Waals surface area contributed by atoms with Crippen molar-refractivity contribution >= 4 is 28.6 Å². The maximum absolute atomic E-state index is 12.7. The second-order valence-electron chi connectivity index (χ2n) is 3.10. The summed E-state index contributed by atoms with van der Waals surface area (Å²) in [5, 5.41) is 8.69. The van der Waals surface area contributed by atoms with Crippen molar-refractivity contribution in [1.82, 2.24) is 9.97 Å². The molecule has 0 atom stereocenters. The van der Waals surface area contributed by atoms with Crippen LogP contribution in [0.2, 0.25) is 5.28 Å². The first kappa shape index (κ1) is 10.8. The normalized spacial score (nSPS) is 11.2. The summed E-state index contributed by atoms with van der Waals surface area (Å²) in [5.74, 6) is -1.28. The molecule has 16 heavy (non-hydrogen) atoms. The lowest BCUT2D eigenvalue weighted by atomic mass is 10.1. The number of imidazole rings is 1. The van der Waals surface area contributed by atoms with Gasteiger partial charge in [0.15, 0.2) is 0 Å². The third kappa shape index (κ3) is 1.71. The number of carboxylic acid groups (broad SMARTS) is 1. The van der Waals surface area contributed by atoms with Gasteiger partial charge in [-0.3, -0.25) is 0 Å². The molecular formula is C9H5ClF2N2O2. The second-order valence-corrected chi connectivity index (χ2v) is 3.45. The highest BCUT2D eigenvalue weighted by Crippen LogP contribution is 2.28. The van der Waals surface area contributed by atoms with Crippen LogP contribution >= 0.6 is 11.6 Å². The predicted molar refractivity (Wildman–Crippen MR) is 53.0 cm³/mol. The van der Waals surface area contributed by atoms with E-state index in [1.807, 2.05) is 0 Å². The minimum atomic E-state index is -2.80. The molecule has 2 N–H and O–H groups in total. The van der Waals surface area contributed by atoms with E-state index >= 15 is 0 Å². The fourth-order valence-corrected chi connectivity index (χ4v) is 1.59. The lowest BCUT2D eigenvalue weighted by Gasteiger charge is -2.02. The van der Waals surface area contributed by atoms with Crippen LogP contribution in [0.15, 0.2) is 12.1 Å². The molecule has 0 spiro atoms. The zero-order valence-corrected chi connectivity index (χ0v) is 8.42. The van der Waals surface area contributed by atoms with Crippen LogP contribution in [0, 0.1) is 0 Å². The van der Waals surface area contributed by atoms with Crippen LogP contribution in [-0.4, -0.2) is 21.0 Å². The Kier molecular flexibility index (Phi) is 2.51. The number of hydrogen-bond acceptors (Lipinski definition) is 2. The SMILES string of the molecule is O=C(O)c1cc(C(F)F)c2nc(Cl)[nH]c2c1. The molecule has 0 saturated carbocycles. The average molecular weight is 247 g/mol. The highest BCUT2D eigenvalue weighted by Gasteiger charge is 2.18. The van der Waals surface area contributed by atoms with Crippen LogP contribution in [0.1, 0.15) is 22.3 Å². The van der Waals surface area contributed by atoms with Gasteiger partial charge >= 0.3 is 5.97 Å². The van der Waals surface area contributed by atoms with Gasteiger partial charge in [0.1, 0.15) is 0 Å². The van der Waals surface area contributed by atoms with Gasteiger partial charge in [0.2, 0.25) is 5.28 Å². The number of carbonyl (C=O) groups is 1. The number of nitrogens with one attached hydrogen (secondary N) is 1. The number of aromatic amines is 1.